The molecule has 0 spiro atoms. The Bertz CT molecular complexity index is 204. The smallest absolute Gasteiger partial charge is 0.0518 e. The van der Waals surface area contributed by atoms with Crippen molar-refractivity contribution >= 4 is 0 Å². The Morgan fingerprint density at radius 3 is 2.75 bits per heavy atom. The normalized spacial score (nSPS) is 13.7. The van der Waals surface area contributed by atoms with Crippen molar-refractivity contribution in [3.63, 3.8) is 0 Å². The van der Waals surface area contributed by atoms with Crippen LogP contribution in [0.25, 0.3) is 0 Å². The number of hydrogen-bond acceptors (Lipinski definition) is 2. The van der Waals surface area contributed by atoms with Gasteiger partial charge in [0.2, 0.25) is 0 Å². The van der Waals surface area contributed by atoms with Crippen molar-refractivity contribution in [2.24, 2.45) is 5.92 Å². The average Bonchev–Trinajstić information content (AvgIpc) is 2.51. The molecule has 12 heavy (non-hydrogen) atoms. The Hall–Kier alpha value is -0.830. The van der Waals surface area contributed by atoms with Crippen LogP contribution in [0.2, 0.25) is 0 Å². The number of aromatic nitrogens is 2. The van der Waals surface area contributed by atoms with Crippen LogP contribution in [0, 0.1) is 5.92 Å². The maximum Gasteiger partial charge on any atom is 0.0518 e. The van der Waals surface area contributed by atoms with Gasteiger partial charge in [0.15, 0.2) is 0 Å². The molecule has 0 saturated carbocycles. The van der Waals surface area contributed by atoms with E-state index in [1.54, 1.807) is 6.20 Å². The predicted molar refractivity (Wildman–Crippen MR) is 49.8 cm³/mol. The second-order valence-electron chi connectivity index (χ2n) is 3.54. The topological polar surface area (TPSA) is 40.7 Å². The third-order valence-corrected chi connectivity index (χ3v) is 1.82. The minimum atomic E-state index is 0.370. The standard InChI is InChI=1S/C9H17N3/c1-7(2)6-10-8(3)9-4-5-11-12-9/h4-5,7-8,10H,6H2,1-3H3,(H,11,12). The van der Waals surface area contributed by atoms with E-state index in [2.05, 4.69) is 36.3 Å². The molecule has 1 rings (SSSR count). The van der Waals surface area contributed by atoms with Crippen LogP contribution in [0.3, 0.4) is 0 Å². The molecule has 0 amide bonds. The Labute approximate surface area is 73.6 Å². The van der Waals surface area contributed by atoms with Gasteiger partial charge < -0.3 is 5.32 Å². The number of rotatable bonds is 4. The van der Waals surface area contributed by atoms with Gasteiger partial charge in [-0.2, -0.15) is 5.10 Å². The van der Waals surface area contributed by atoms with Crippen molar-refractivity contribution in [3.05, 3.63) is 18.0 Å². The fourth-order valence-electron chi connectivity index (χ4n) is 1.03. The van der Waals surface area contributed by atoms with Gasteiger partial charge in [-0.1, -0.05) is 13.8 Å². The largest absolute Gasteiger partial charge is 0.309 e. The van der Waals surface area contributed by atoms with Gasteiger partial charge in [0.05, 0.1) is 5.69 Å². The summed E-state index contributed by atoms with van der Waals surface area (Å²) in [4.78, 5) is 0. The highest BCUT2D eigenvalue weighted by Crippen LogP contribution is 2.07. The van der Waals surface area contributed by atoms with Crippen LogP contribution in [-0.2, 0) is 0 Å². The highest BCUT2D eigenvalue weighted by molar-refractivity contribution is 5.02. The lowest BCUT2D eigenvalue weighted by atomic mass is 10.2. The highest BCUT2D eigenvalue weighted by atomic mass is 15.1. The van der Waals surface area contributed by atoms with Crippen LogP contribution >= 0.6 is 0 Å². The highest BCUT2D eigenvalue weighted by Gasteiger charge is 2.05. The molecule has 3 nitrogen and oxygen atoms in total. The van der Waals surface area contributed by atoms with E-state index in [-0.39, 0.29) is 0 Å². The lowest BCUT2D eigenvalue weighted by molar-refractivity contribution is 0.489. The predicted octanol–water partition coefficient (Wildman–Crippen LogP) is 1.72. The molecule has 0 aliphatic carbocycles. The monoisotopic (exact) mass is 167 g/mol. The summed E-state index contributed by atoms with van der Waals surface area (Å²) in [6, 6.07) is 2.37. The molecule has 68 valence electrons. The quantitative estimate of drug-likeness (QED) is 0.716. The van der Waals surface area contributed by atoms with Gasteiger partial charge in [-0.25, -0.2) is 0 Å². The molecular formula is C9H17N3. The summed E-state index contributed by atoms with van der Waals surface area (Å²) in [7, 11) is 0. The zero-order valence-corrected chi connectivity index (χ0v) is 7.96. The Balaban J connectivity index is 2.34. The van der Waals surface area contributed by atoms with Crippen molar-refractivity contribution in [1.82, 2.24) is 15.5 Å². The fourth-order valence-corrected chi connectivity index (χ4v) is 1.03. The van der Waals surface area contributed by atoms with Crippen LogP contribution in [0.15, 0.2) is 12.3 Å². The van der Waals surface area contributed by atoms with Crippen LogP contribution in [-0.4, -0.2) is 16.7 Å². The number of aromatic amines is 1. The number of nitrogens with zero attached hydrogens (tertiary/aromatic N) is 1. The zero-order valence-electron chi connectivity index (χ0n) is 7.96. The van der Waals surface area contributed by atoms with E-state index in [9.17, 15) is 0 Å². The maximum absolute atomic E-state index is 3.91. The summed E-state index contributed by atoms with van der Waals surface area (Å²) in [5, 5.41) is 10.3. The van der Waals surface area contributed by atoms with Gasteiger partial charge in [0.1, 0.15) is 0 Å². The lowest BCUT2D eigenvalue weighted by Crippen LogP contribution is -2.23. The first-order valence-corrected chi connectivity index (χ1v) is 4.43. The molecule has 3 heteroatoms. The van der Waals surface area contributed by atoms with E-state index in [1.165, 1.54) is 0 Å². The van der Waals surface area contributed by atoms with Crippen LogP contribution < -0.4 is 5.32 Å². The van der Waals surface area contributed by atoms with E-state index in [4.69, 9.17) is 0 Å². The second-order valence-corrected chi connectivity index (χ2v) is 3.54. The Kier molecular flexibility index (Phi) is 3.29. The van der Waals surface area contributed by atoms with E-state index in [0.717, 1.165) is 12.2 Å². The molecule has 1 atom stereocenters. The third-order valence-electron chi connectivity index (χ3n) is 1.82. The summed E-state index contributed by atoms with van der Waals surface area (Å²) >= 11 is 0. The molecule has 0 radical (unpaired) electrons. The minimum absolute atomic E-state index is 0.370. The molecule has 2 N–H and O–H groups in total. The van der Waals surface area contributed by atoms with Crippen LogP contribution in [0.1, 0.15) is 32.5 Å². The molecule has 0 fully saturated rings. The SMILES string of the molecule is CC(C)CNC(C)c1ccn[nH]1. The number of hydrogen-bond donors (Lipinski definition) is 2. The maximum atomic E-state index is 3.91. The van der Waals surface area contributed by atoms with Crippen LogP contribution in [0.5, 0.6) is 0 Å². The Morgan fingerprint density at radius 1 is 1.50 bits per heavy atom. The molecule has 1 aromatic rings. The lowest BCUT2D eigenvalue weighted by Gasteiger charge is -2.13. The molecule has 1 aromatic heterocycles. The van der Waals surface area contributed by atoms with Crippen molar-refractivity contribution in [3.8, 4) is 0 Å². The van der Waals surface area contributed by atoms with Crippen molar-refractivity contribution in [2.45, 2.75) is 26.8 Å². The summed E-state index contributed by atoms with van der Waals surface area (Å²) in [6.07, 6.45) is 1.78. The van der Waals surface area contributed by atoms with Gasteiger partial charge in [-0.05, 0) is 25.5 Å². The van der Waals surface area contributed by atoms with Gasteiger partial charge in [-0.3, -0.25) is 5.10 Å². The first-order valence-electron chi connectivity index (χ1n) is 4.43. The molecule has 1 heterocycles. The van der Waals surface area contributed by atoms with E-state index < -0.39 is 0 Å². The molecular weight excluding hydrogens is 150 g/mol. The first kappa shape index (κ1) is 9.26. The van der Waals surface area contributed by atoms with Gasteiger partial charge >= 0.3 is 0 Å². The molecule has 1 unspecified atom stereocenters. The van der Waals surface area contributed by atoms with Crippen molar-refractivity contribution in [2.75, 3.05) is 6.54 Å². The second kappa shape index (κ2) is 4.26. The summed E-state index contributed by atoms with van der Waals surface area (Å²) in [6.45, 7) is 7.58. The number of nitrogens with one attached hydrogen (secondary N) is 2. The van der Waals surface area contributed by atoms with Gasteiger partial charge in [0, 0.05) is 12.2 Å². The molecule has 0 aromatic carbocycles. The van der Waals surface area contributed by atoms with Gasteiger partial charge in [0.25, 0.3) is 0 Å². The fraction of sp³-hybridized carbons (Fsp3) is 0.667. The summed E-state index contributed by atoms with van der Waals surface area (Å²) in [5.74, 6) is 0.690. The minimum Gasteiger partial charge on any atom is -0.309 e. The molecule has 0 aliphatic rings. The Morgan fingerprint density at radius 2 is 2.25 bits per heavy atom. The average molecular weight is 167 g/mol. The van der Waals surface area contributed by atoms with E-state index >= 15 is 0 Å². The third kappa shape index (κ3) is 2.66. The van der Waals surface area contributed by atoms with Crippen LogP contribution in [0.4, 0.5) is 0 Å². The molecule has 0 bridgehead atoms. The zero-order chi connectivity index (χ0) is 8.97. The van der Waals surface area contributed by atoms with E-state index in [0.29, 0.717) is 12.0 Å². The van der Waals surface area contributed by atoms with Crippen molar-refractivity contribution in [1.29, 1.82) is 0 Å². The van der Waals surface area contributed by atoms with Crippen molar-refractivity contribution < 1.29 is 0 Å². The molecule has 0 saturated heterocycles. The van der Waals surface area contributed by atoms with E-state index in [1.807, 2.05) is 6.07 Å². The summed E-state index contributed by atoms with van der Waals surface area (Å²) < 4.78 is 0. The first-order chi connectivity index (χ1) is 5.70. The molecule has 0 aliphatic heterocycles. The number of H-pyrrole nitrogens is 1. The van der Waals surface area contributed by atoms with Gasteiger partial charge in [-0.15, -0.1) is 0 Å². The summed E-state index contributed by atoms with van der Waals surface area (Å²) in [5.41, 5.74) is 1.15.